The van der Waals surface area contributed by atoms with E-state index >= 15 is 0 Å². The van der Waals surface area contributed by atoms with Crippen LogP contribution in [0.1, 0.15) is 16.1 Å². The van der Waals surface area contributed by atoms with E-state index in [0.29, 0.717) is 23.6 Å². The van der Waals surface area contributed by atoms with Crippen LogP contribution in [0.4, 0.5) is 4.39 Å². The molecule has 0 aliphatic rings. The molecule has 1 amide bonds. The Morgan fingerprint density at radius 1 is 1.25 bits per heavy atom. The Labute approximate surface area is 152 Å². The van der Waals surface area contributed by atoms with Gasteiger partial charge in [0.05, 0.1) is 0 Å². The van der Waals surface area contributed by atoms with Gasteiger partial charge in [-0.1, -0.05) is 18.2 Å². The van der Waals surface area contributed by atoms with Gasteiger partial charge in [-0.2, -0.15) is 23.1 Å². The molecule has 24 heavy (non-hydrogen) atoms. The van der Waals surface area contributed by atoms with Gasteiger partial charge in [-0.05, 0) is 23.1 Å². The lowest BCUT2D eigenvalue weighted by atomic mass is 10.2. The van der Waals surface area contributed by atoms with Gasteiger partial charge in [-0.15, -0.1) is 11.3 Å². The van der Waals surface area contributed by atoms with Crippen LogP contribution in [0, 0.1) is 5.82 Å². The zero-order valence-corrected chi connectivity index (χ0v) is 15.1. The van der Waals surface area contributed by atoms with Crippen LogP contribution in [0.15, 0.2) is 46.5 Å². The molecule has 3 nitrogen and oxygen atoms in total. The number of hydrogen-bond acceptors (Lipinski definition) is 5. The number of benzene rings is 1. The number of thioether (sulfide) groups is 1. The number of rotatable bonds is 7. The second-order valence-electron chi connectivity index (χ2n) is 4.95. The highest BCUT2D eigenvalue weighted by molar-refractivity contribution is 7.98. The van der Waals surface area contributed by atoms with Crippen LogP contribution in [0.25, 0.3) is 10.6 Å². The molecule has 0 radical (unpaired) electrons. The number of carbonyl (C=O) groups excluding carboxylic acids is 1. The lowest BCUT2D eigenvalue weighted by Gasteiger charge is -2.04. The number of carbonyl (C=O) groups is 1. The monoisotopic (exact) mass is 378 g/mol. The van der Waals surface area contributed by atoms with E-state index < -0.39 is 0 Å². The quantitative estimate of drug-likeness (QED) is 0.607. The molecule has 7 heteroatoms. The molecule has 0 atom stereocenters. The normalized spacial score (nSPS) is 10.7. The minimum atomic E-state index is -0.183. The fourth-order valence-corrected chi connectivity index (χ4v) is 4.38. The van der Waals surface area contributed by atoms with E-state index in [2.05, 4.69) is 10.3 Å². The van der Waals surface area contributed by atoms with E-state index in [4.69, 9.17) is 0 Å². The van der Waals surface area contributed by atoms with E-state index in [0.717, 1.165) is 16.3 Å². The Balaban J connectivity index is 1.42. The highest BCUT2D eigenvalue weighted by Gasteiger charge is 2.11. The lowest BCUT2D eigenvalue weighted by molar-refractivity contribution is 0.0952. The Bertz CT molecular complexity index is 802. The maximum Gasteiger partial charge on any atom is 0.270 e. The molecule has 0 unspecified atom stereocenters. The van der Waals surface area contributed by atoms with E-state index in [1.54, 1.807) is 40.6 Å². The number of nitrogens with one attached hydrogen (secondary N) is 1. The molecule has 0 bridgehead atoms. The summed E-state index contributed by atoms with van der Waals surface area (Å²) in [6, 6.07) is 8.74. The van der Waals surface area contributed by atoms with Crippen molar-refractivity contribution in [1.29, 1.82) is 0 Å². The van der Waals surface area contributed by atoms with Gasteiger partial charge in [-0.25, -0.2) is 9.37 Å². The van der Waals surface area contributed by atoms with Gasteiger partial charge in [0.15, 0.2) is 0 Å². The van der Waals surface area contributed by atoms with E-state index in [-0.39, 0.29) is 11.7 Å². The average molecular weight is 379 g/mol. The first kappa shape index (κ1) is 17.1. The number of thiazole rings is 1. The summed E-state index contributed by atoms with van der Waals surface area (Å²) >= 11 is 4.66. The third-order valence-electron chi connectivity index (χ3n) is 3.25. The van der Waals surface area contributed by atoms with Crippen molar-refractivity contribution in [3.63, 3.8) is 0 Å². The van der Waals surface area contributed by atoms with Gasteiger partial charge in [0.2, 0.25) is 0 Å². The summed E-state index contributed by atoms with van der Waals surface area (Å²) in [4.78, 5) is 16.4. The van der Waals surface area contributed by atoms with Crippen LogP contribution in [-0.2, 0) is 5.75 Å². The second-order valence-corrected chi connectivity index (χ2v) is 7.69. The van der Waals surface area contributed by atoms with E-state index in [1.165, 1.54) is 17.4 Å². The molecule has 1 aromatic carbocycles. The number of halogens is 1. The van der Waals surface area contributed by atoms with Gasteiger partial charge in [0.1, 0.15) is 16.5 Å². The van der Waals surface area contributed by atoms with Gasteiger partial charge < -0.3 is 5.32 Å². The van der Waals surface area contributed by atoms with Crippen molar-refractivity contribution in [3.05, 3.63) is 63.5 Å². The fraction of sp³-hybridized carbons (Fsp3) is 0.176. The molecule has 0 saturated carbocycles. The maximum atomic E-state index is 13.5. The van der Waals surface area contributed by atoms with Crippen molar-refractivity contribution in [2.24, 2.45) is 0 Å². The number of thiophene rings is 1. The third-order valence-corrected chi connectivity index (χ3v) is 5.83. The fourth-order valence-electron chi connectivity index (χ4n) is 2.02. The van der Waals surface area contributed by atoms with Crippen LogP contribution >= 0.6 is 34.4 Å². The van der Waals surface area contributed by atoms with Crippen LogP contribution in [0.2, 0.25) is 0 Å². The number of nitrogens with zero attached hydrogens (tertiary/aromatic N) is 1. The van der Waals surface area contributed by atoms with Crippen molar-refractivity contribution < 1.29 is 9.18 Å². The molecule has 0 aliphatic carbocycles. The molecule has 0 fully saturated rings. The smallest absolute Gasteiger partial charge is 0.270 e. The molecule has 1 N–H and O–H groups in total. The van der Waals surface area contributed by atoms with Gasteiger partial charge in [0.25, 0.3) is 5.91 Å². The molecular formula is C17H15FN2OS3. The summed E-state index contributed by atoms with van der Waals surface area (Å²) < 4.78 is 13.5. The molecular weight excluding hydrogens is 363 g/mol. The molecule has 0 saturated heterocycles. The van der Waals surface area contributed by atoms with Gasteiger partial charge in [-0.3, -0.25) is 4.79 Å². The summed E-state index contributed by atoms with van der Waals surface area (Å²) in [6.07, 6.45) is 0. The standard InChI is InChI=1S/C17H15FN2OS3/c18-14-4-2-1-3-12(14)9-23-8-6-19-16(21)15-11-24-17(20-15)13-5-7-22-10-13/h1-5,7,10-11H,6,8-9H2,(H,19,21). The highest BCUT2D eigenvalue weighted by atomic mass is 32.2. The van der Waals surface area contributed by atoms with Crippen LogP contribution < -0.4 is 5.32 Å². The summed E-state index contributed by atoms with van der Waals surface area (Å²) in [5.41, 5.74) is 2.18. The van der Waals surface area contributed by atoms with Gasteiger partial charge >= 0.3 is 0 Å². The Morgan fingerprint density at radius 3 is 2.92 bits per heavy atom. The first-order chi connectivity index (χ1) is 11.7. The third kappa shape index (κ3) is 4.43. The summed E-state index contributed by atoms with van der Waals surface area (Å²) in [7, 11) is 0. The van der Waals surface area contributed by atoms with E-state index in [9.17, 15) is 9.18 Å². The average Bonchev–Trinajstić information content (AvgIpc) is 3.27. The lowest BCUT2D eigenvalue weighted by Crippen LogP contribution is -2.26. The van der Waals surface area contributed by atoms with Crippen LogP contribution in [0.3, 0.4) is 0 Å². The zero-order valence-electron chi connectivity index (χ0n) is 12.7. The Morgan fingerprint density at radius 2 is 2.12 bits per heavy atom. The minimum absolute atomic E-state index is 0.167. The first-order valence-corrected chi connectivity index (χ1v) is 10.3. The predicted molar refractivity (Wildman–Crippen MR) is 100 cm³/mol. The van der Waals surface area contributed by atoms with Crippen LogP contribution in [0.5, 0.6) is 0 Å². The van der Waals surface area contributed by atoms with Crippen molar-refractivity contribution in [2.75, 3.05) is 12.3 Å². The number of amides is 1. The van der Waals surface area contributed by atoms with E-state index in [1.807, 2.05) is 22.9 Å². The first-order valence-electron chi connectivity index (χ1n) is 7.31. The Kier molecular flexibility index (Phi) is 6.01. The molecule has 124 valence electrons. The summed E-state index contributed by atoms with van der Waals surface area (Å²) in [6.45, 7) is 0.531. The van der Waals surface area contributed by atoms with Crippen LogP contribution in [-0.4, -0.2) is 23.2 Å². The minimum Gasteiger partial charge on any atom is -0.350 e. The van der Waals surface area contributed by atoms with Crippen molar-refractivity contribution in [1.82, 2.24) is 10.3 Å². The summed E-state index contributed by atoms with van der Waals surface area (Å²) in [5.74, 6) is 0.972. The molecule has 2 aromatic heterocycles. The van der Waals surface area contributed by atoms with Crippen molar-refractivity contribution >= 4 is 40.3 Å². The second kappa shape index (κ2) is 8.41. The molecule has 3 rings (SSSR count). The van der Waals surface area contributed by atoms with Crippen molar-refractivity contribution in [3.8, 4) is 10.6 Å². The Hall–Kier alpha value is -1.70. The van der Waals surface area contributed by atoms with Gasteiger partial charge in [0, 0.05) is 34.4 Å². The molecule has 0 spiro atoms. The summed E-state index contributed by atoms with van der Waals surface area (Å²) in [5, 5.41) is 9.48. The number of aromatic nitrogens is 1. The highest BCUT2D eigenvalue weighted by Crippen LogP contribution is 2.25. The maximum absolute atomic E-state index is 13.5. The van der Waals surface area contributed by atoms with Crippen molar-refractivity contribution in [2.45, 2.75) is 5.75 Å². The molecule has 3 aromatic rings. The largest absolute Gasteiger partial charge is 0.350 e. The topological polar surface area (TPSA) is 42.0 Å². The SMILES string of the molecule is O=C(NCCSCc1ccccc1F)c1csc(-c2ccsc2)n1. The predicted octanol–water partition coefficient (Wildman–Crippen LogP) is 4.67. The molecule has 2 heterocycles. The number of hydrogen-bond donors (Lipinski definition) is 1. The molecule has 0 aliphatic heterocycles. The zero-order chi connectivity index (χ0) is 16.8.